The number of nitrogens with two attached hydrogens (primary N) is 1. The molecule has 2 rings (SSSR count). The molecule has 0 aliphatic rings. The number of aromatic nitrogens is 2. The average Bonchev–Trinajstić information content (AvgIpc) is 2.72. The van der Waals surface area contributed by atoms with Gasteiger partial charge in [0.25, 0.3) is 0 Å². The minimum absolute atomic E-state index is 0.139. The Morgan fingerprint density at radius 3 is 2.76 bits per heavy atom. The largest absolute Gasteiger partial charge is 0.487 e. The van der Waals surface area contributed by atoms with Gasteiger partial charge < -0.3 is 10.5 Å². The highest BCUT2D eigenvalue weighted by atomic mass is 79.9. The number of hydrogen-bond donors (Lipinski definition) is 1. The lowest BCUT2D eigenvalue weighted by atomic mass is 10.1. The number of halogens is 2. The zero-order valence-corrected chi connectivity index (χ0v) is 14.7. The molecule has 1 aromatic carbocycles. The molecule has 0 radical (unpaired) electrons. The second-order valence-electron chi connectivity index (χ2n) is 4.94. The van der Waals surface area contributed by atoms with E-state index in [1.165, 1.54) is 0 Å². The van der Waals surface area contributed by atoms with E-state index in [1.54, 1.807) is 6.07 Å². The van der Waals surface area contributed by atoms with Crippen molar-refractivity contribution in [2.45, 2.75) is 32.9 Å². The Labute approximate surface area is 138 Å². The molecular formula is C15H19BrClN3O. The molecule has 0 bridgehead atoms. The van der Waals surface area contributed by atoms with Crippen LogP contribution in [0.4, 0.5) is 0 Å². The van der Waals surface area contributed by atoms with Crippen molar-refractivity contribution in [1.29, 1.82) is 0 Å². The van der Waals surface area contributed by atoms with Crippen LogP contribution in [0.2, 0.25) is 5.02 Å². The molecule has 0 spiro atoms. The average molecular weight is 373 g/mol. The summed E-state index contributed by atoms with van der Waals surface area (Å²) < 4.78 is 8.77. The van der Waals surface area contributed by atoms with Crippen LogP contribution in [0.1, 0.15) is 36.8 Å². The molecule has 0 aliphatic carbocycles. The lowest BCUT2D eigenvalue weighted by Crippen LogP contribution is -2.09. The van der Waals surface area contributed by atoms with Crippen LogP contribution < -0.4 is 10.5 Å². The summed E-state index contributed by atoms with van der Waals surface area (Å²) in [6, 6.07) is 5.36. The number of hydrogen-bond acceptors (Lipinski definition) is 3. The van der Waals surface area contributed by atoms with Crippen molar-refractivity contribution >= 4 is 27.5 Å². The first kappa shape index (κ1) is 16.3. The van der Waals surface area contributed by atoms with Gasteiger partial charge in [-0.25, -0.2) is 0 Å². The summed E-state index contributed by atoms with van der Waals surface area (Å²) in [6.45, 7) is 4.41. The first-order valence-electron chi connectivity index (χ1n) is 6.82. The van der Waals surface area contributed by atoms with E-state index < -0.39 is 0 Å². The van der Waals surface area contributed by atoms with E-state index in [-0.39, 0.29) is 6.04 Å². The van der Waals surface area contributed by atoms with Gasteiger partial charge in [-0.05, 0) is 47.5 Å². The highest BCUT2D eigenvalue weighted by Crippen LogP contribution is 2.29. The van der Waals surface area contributed by atoms with Crippen LogP contribution in [0.3, 0.4) is 0 Å². The Hall–Kier alpha value is -1.04. The first-order chi connectivity index (χ1) is 9.93. The molecule has 4 nitrogen and oxygen atoms in total. The van der Waals surface area contributed by atoms with Crippen LogP contribution in [0.5, 0.6) is 5.75 Å². The number of aryl methyl sites for hydroxylation is 2. The molecule has 1 aromatic heterocycles. The molecule has 0 aliphatic heterocycles. The third kappa shape index (κ3) is 3.59. The third-order valence-corrected chi connectivity index (χ3v) is 4.48. The smallest absolute Gasteiger partial charge is 0.131 e. The summed E-state index contributed by atoms with van der Waals surface area (Å²) >= 11 is 9.60. The van der Waals surface area contributed by atoms with Crippen molar-refractivity contribution in [3.8, 4) is 5.75 Å². The van der Waals surface area contributed by atoms with E-state index in [9.17, 15) is 0 Å². The Morgan fingerprint density at radius 1 is 1.48 bits per heavy atom. The summed E-state index contributed by atoms with van der Waals surface area (Å²) in [5, 5.41) is 5.11. The normalized spacial score (nSPS) is 12.5. The summed E-state index contributed by atoms with van der Waals surface area (Å²) in [5.41, 5.74) is 8.90. The van der Waals surface area contributed by atoms with Crippen LogP contribution in [-0.4, -0.2) is 9.78 Å². The van der Waals surface area contributed by atoms with Gasteiger partial charge >= 0.3 is 0 Å². The maximum absolute atomic E-state index is 6.02. The molecule has 0 saturated heterocycles. The minimum Gasteiger partial charge on any atom is -0.487 e. The fourth-order valence-electron chi connectivity index (χ4n) is 2.13. The predicted octanol–water partition coefficient (Wildman–Crippen LogP) is 4.00. The highest BCUT2D eigenvalue weighted by Gasteiger charge is 2.15. The second kappa shape index (κ2) is 6.81. The minimum atomic E-state index is -0.139. The van der Waals surface area contributed by atoms with Crippen molar-refractivity contribution in [1.82, 2.24) is 9.78 Å². The maximum atomic E-state index is 6.02. The van der Waals surface area contributed by atoms with Crippen molar-refractivity contribution < 1.29 is 4.74 Å². The molecule has 2 N–H and O–H groups in total. The zero-order valence-electron chi connectivity index (χ0n) is 12.4. The SMILES string of the molecule is CCc1nn(C)c(COc2ccc(Cl)cc2[C@H](C)N)c1Br. The molecule has 6 heteroatoms. The molecule has 0 saturated carbocycles. The van der Waals surface area contributed by atoms with E-state index in [2.05, 4.69) is 28.0 Å². The van der Waals surface area contributed by atoms with Crippen molar-refractivity contribution in [3.05, 3.63) is 44.6 Å². The fraction of sp³-hybridized carbons (Fsp3) is 0.400. The summed E-state index contributed by atoms with van der Waals surface area (Å²) in [5.74, 6) is 0.751. The standard InChI is InChI=1S/C15H19BrClN3O/c1-4-12-15(16)13(20(3)19-12)8-21-14-6-5-10(17)7-11(14)9(2)18/h5-7,9H,4,8,18H2,1-3H3/t9-/m0/s1. The van der Waals surface area contributed by atoms with Gasteiger partial charge in [0, 0.05) is 23.7 Å². The molecule has 0 amide bonds. The van der Waals surface area contributed by atoms with Crippen molar-refractivity contribution in [3.63, 3.8) is 0 Å². The maximum Gasteiger partial charge on any atom is 0.131 e. The summed E-state index contributed by atoms with van der Waals surface area (Å²) in [6.07, 6.45) is 0.875. The Balaban J connectivity index is 2.23. The quantitative estimate of drug-likeness (QED) is 0.863. The fourth-order valence-corrected chi connectivity index (χ4v) is 3.04. The monoisotopic (exact) mass is 371 g/mol. The molecule has 0 unspecified atom stereocenters. The van der Waals surface area contributed by atoms with Gasteiger partial charge in [0.15, 0.2) is 0 Å². The van der Waals surface area contributed by atoms with Gasteiger partial charge in [0.05, 0.1) is 15.9 Å². The van der Waals surface area contributed by atoms with Crippen molar-refractivity contribution in [2.75, 3.05) is 0 Å². The summed E-state index contributed by atoms with van der Waals surface area (Å²) in [7, 11) is 1.91. The van der Waals surface area contributed by atoms with Crippen molar-refractivity contribution in [2.24, 2.45) is 12.8 Å². The number of ether oxygens (including phenoxy) is 1. The second-order valence-corrected chi connectivity index (χ2v) is 6.17. The molecule has 2 aromatic rings. The van der Waals surface area contributed by atoms with Gasteiger partial charge in [-0.3, -0.25) is 4.68 Å². The predicted molar refractivity (Wildman–Crippen MR) is 88.7 cm³/mol. The molecule has 1 heterocycles. The van der Waals surface area contributed by atoms with Crippen LogP contribution in [0, 0.1) is 0 Å². The molecule has 0 fully saturated rings. The zero-order chi connectivity index (χ0) is 15.6. The molecule has 21 heavy (non-hydrogen) atoms. The van der Waals surface area contributed by atoms with Gasteiger partial charge in [-0.2, -0.15) is 5.10 Å². The van der Waals surface area contributed by atoms with Gasteiger partial charge in [0.2, 0.25) is 0 Å². The highest BCUT2D eigenvalue weighted by molar-refractivity contribution is 9.10. The van der Waals surface area contributed by atoms with Gasteiger partial charge in [0.1, 0.15) is 12.4 Å². The number of benzene rings is 1. The molecule has 1 atom stereocenters. The van der Waals surface area contributed by atoms with E-state index in [1.807, 2.05) is 30.8 Å². The van der Waals surface area contributed by atoms with Gasteiger partial charge in [-0.1, -0.05) is 18.5 Å². The topological polar surface area (TPSA) is 53.1 Å². The Morgan fingerprint density at radius 2 is 2.19 bits per heavy atom. The molecular weight excluding hydrogens is 354 g/mol. The van der Waals surface area contributed by atoms with E-state index in [4.69, 9.17) is 22.1 Å². The Bertz CT molecular complexity index is 640. The van der Waals surface area contributed by atoms with Crippen LogP contribution in [0.15, 0.2) is 22.7 Å². The van der Waals surface area contributed by atoms with E-state index in [0.717, 1.165) is 33.6 Å². The third-order valence-electron chi connectivity index (χ3n) is 3.33. The lowest BCUT2D eigenvalue weighted by Gasteiger charge is -2.14. The van der Waals surface area contributed by atoms with E-state index >= 15 is 0 Å². The molecule has 114 valence electrons. The van der Waals surface area contributed by atoms with Gasteiger partial charge in [-0.15, -0.1) is 0 Å². The van der Waals surface area contributed by atoms with Crippen LogP contribution in [-0.2, 0) is 20.1 Å². The van der Waals surface area contributed by atoms with Crippen LogP contribution in [0.25, 0.3) is 0 Å². The van der Waals surface area contributed by atoms with Crippen LogP contribution >= 0.6 is 27.5 Å². The first-order valence-corrected chi connectivity index (χ1v) is 7.99. The summed E-state index contributed by atoms with van der Waals surface area (Å²) in [4.78, 5) is 0. The number of rotatable bonds is 5. The Kier molecular flexibility index (Phi) is 5.30. The van der Waals surface area contributed by atoms with E-state index in [0.29, 0.717) is 11.6 Å². The number of nitrogens with zero attached hydrogens (tertiary/aromatic N) is 2. The lowest BCUT2D eigenvalue weighted by molar-refractivity contribution is 0.290.